The lowest BCUT2D eigenvalue weighted by Gasteiger charge is -2.20. The Bertz CT molecular complexity index is 879. The fourth-order valence-corrected chi connectivity index (χ4v) is 3.05. The van der Waals surface area contributed by atoms with Gasteiger partial charge in [-0.15, -0.1) is 0 Å². The number of nitrogens with one attached hydrogen (secondary N) is 1. The molecule has 126 valence electrons. The first-order valence-corrected chi connectivity index (χ1v) is 7.89. The number of ketones is 1. The van der Waals surface area contributed by atoms with Gasteiger partial charge in [-0.1, -0.05) is 19.0 Å². The second kappa shape index (κ2) is 6.19. The summed E-state index contributed by atoms with van der Waals surface area (Å²) >= 11 is 0. The molecule has 5 nitrogen and oxygen atoms in total. The minimum atomic E-state index is -0.275. The highest BCUT2D eigenvalue weighted by Gasteiger charge is 2.24. The number of benzene rings is 1. The second-order valence-corrected chi connectivity index (χ2v) is 7.00. The lowest BCUT2D eigenvalue weighted by Crippen LogP contribution is -2.18. The lowest BCUT2D eigenvalue weighted by molar-refractivity contribution is -0.118. The number of hydrogen-bond acceptors (Lipinski definition) is 4. The maximum absolute atomic E-state index is 13.4. The van der Waals surface area contributed by atoms with Crippen molar-refractivity contribution in [2.45, 2.75) is 40.0 Å². The molecule has 0 bridgehead atoms. The Balaban J connectivity index is 1.76. The summed E-state index contributed by atoms with van der Waals surface area (Å²) in [7, 11) is 0. The Morgan fingerprint density at radius 2 is 2.17 bits per heavy atom. The second-order valence-electron chi connectivity index (χ2n) is 7.00. The van der Waals surface area contributed by atoms with Gasteiger partial charge in [0.25, 0.3) is 0 Å². The summed E-state index contributed by atoms with van der Waals surface area (Å²) in [5.74, 6) is 0.930. The van der Waals surface area contributed by atoms with Gasteiger partial charge < -0.3 is 14.3 Å². The molecule has 0 saturated carbocycles. The fourth-order valence-electron chi connectivity index (χ4n) is 3.05. The maximum atomic E-state index is 13.4. The van der Waals surface area contributed by atoms with E-state index in [2.05, 4.69) is 15.1 Å². The molecule has 0 spiro atoms. The molecule has 0 aliphatic carbocycles. The van der Waals surface area contributed by atoms with Gasteiger partial charge in [-0.2, -0.15) is 4.98 Å². The third-order valence-electron chi connectivity index (χ3n) is 3.95. The van der Waals surface area contributed by atoms with Crippen LogP contribution in [0.15, 0.2) is 28.9 Å². The largest absolute Gasteiger partial charge is 0.361 e. The van der Waals surface area contributed by atoms with Crippen molar-refractivity contribution in [3.63, 3.8) is 0 Å². The third-order valence-corrected chi connectivity index (χ3v) is 3.95. The van der Waals surface area contributed by atoms with E-state index in [1.54, 1.807) is 13.0 Å². The van der Waals surface area contributed by atoms with Gasteiger partial charge in [0.1, 0.15) is 11.6 Å². The van der Waals surface area contributed by atoms with Crippen LogP contribution >= 0.6 is 0 Å². The van der Waals surface area contributed by atoms with Crippen LogP contribution in [0.25, 0.3) is 10.9 Å². The molecule has 24 heavy (non-hydrogen) atoms. The highest BCUT2D eigenvalue weighted by atomic mass is 19.1. The molecule has 2 aromatic heterocycles. The molecule has 3 rings (SSSR count). The van der Waals surface area contributed by atoms with Crippen LogP contribution in [0.4, 0.5) is 4.39 Å². The predicted molar refractivity (Wildman–Crippen MR) is 88.1 cm³/mol. The van der Waals surface area contributed by atoms with E-state index in [0.717, 1.165) is 16.5 Å². The highest BCUT2D eigenvalue weighted by molar-refractivity contribution is 5.83. The Hall–Kier alpha value is -2.50. The SMILES string of the molecule is CC(=O)CC(C)(C)Cc1nc(Cc2c[nH]c3ccc(F)cc23)no1. The standard InChI is InChI=1S/C18H20FN3O2/c1-11(23)8-18(2,3)9-17-21-16(22-24-17)6-12-10-20-15-5-4-13(19)7-14(12)15/h4-5,7,10,20H,6,8-9H2,1-3H3. The number of aromatic nitrogens is 3. The van der Waals surface area contributed by atoms with Crippen molar-refractivity contribution in [2.24, 2.45) is 5.41 Å². The Labute approximate surface area is 139 Å². The molecule has 0 saturated heterocycles. The molecular weight excluding hydrogens is 309 g/mol. The van der Waals surface area contributed by atoms with Crippen LogP contribution in [0.1, 0.15) is 44.5 Å². The zero-order valence-electron chi connectivity index (χ0n) is 14.0. The number of halogens is 1. The molecular formula is C18H20FN3O2. The number of carbonyl (C=O) groups is 1. The van der Waals surface area contributed by atoms with E-state index in [0.29, 0.717) is 31.0 Å². The molecule has 0 aliphatic heterocycles. The average Bonchev–Trinajstić information content (AvgIpc) is 3.05. The minimum Gasteiger partial charge on any atom is -0.361 e. The van der Waals surface area contributed by atoms with Gasteiger partial charge in [0.15, 0.2) is 5.82 Å². The van der Waals surface area contributed by atoms with Gasteiger partial charge in [0.05, 0.1) is 0 Å². The number of nitrogens with zero attached hydrogens (tertiary/aromatic N) is 2. The van der Waals surface area contributed by atoms with E-state index < -0.39 is 0 Å². The summed E-state index contributed by atoms with van der Waals surface area (Å²) in [5.41, 5.74) is 1.57. The molecule has 0 atom stereocenters. The summed E-state index contributed by atoms with van der Waals surface area (Å²) in [5, 5.41) is 4.82. The normalized spacial score (nSPS) is 12.0. The number of aromatic amines is 1. The maximum Gasteiger partial charge on any atom is 0.227 e. The van der Waals surface area contributed by atoms with E-state index in [1.165, 1.54) is 12.1 Å². The molecule has 3 aromatic rings. The molecule has 0 fully saturated rings. The molecule has 1 N–H and O–H groups in total. The van der Waals surface area contributed by atoms with Crippen LogP contribution in [0, 0.1) is 11.2 Å². The summed E-state index contributed by atoms with van der Waals surface area (Å²) in [6.07, 6.45) is 3.30. The van der Waals surface area contributed by atoms with Crippen LogP contribution in [-0.4, -0.2) is 20.9 Å². The number of H-pyrrole nitrogens is 1. The van der Waals surface area contributed by atoms with E-state index in [9.17, 15) is 9.18 Å². The van der Waals surface area contributed by atoms with Crippen molar-refractivity contribution in [1.29, 1.82) is 0 Å². The Kier molecular flexibility index (Phi) is 4.22. The average molecular weight is 329 g/mol. The minimum absolute atomic E-state index is 0.139. The number of carbonyl (C=O) groups excluding carboxylic acids is 1. The van der Waals surface area contributed by atoms with Crippen LogP contribution in [0.5, 0.6) is 0 Å². The first kappa shape index (κ1) is 16.4. The van der Waals surface area contributed by atoms with Gasteiger partial charge in [-0.3, -0.25) is 0 Å². The Morgan fingerprint density at radius 1 is 1.38 bits per heavy atom. The molecule has 2 heterocycles. The number of rotatable bonds is 6. The van der Waals surface area contributed by atoms with E-state index >= 15 is 0 Å². The van der Waals surface area contributed by atoms with Crippen molar-refractivity contribution in [3.05, 3.63) is 47.5 Å². The van der Waals surface area contributed by atoms with Crippen molar-refractivity contribution in [2.75, 3.05) is 0 Å². The van der Waals surface area contributed by atoms with Crippen molar-refractivity contribution >= 4 is 16.7 Å². The van der Waals surface area contributed by atoms with Gasteiger partial charge in [0, 0.05) is 36.4 Å². The van der Waals surface area contributed by atoms with E-state index in [-0.39, 0.29) is 17.0 Å². The van der Waals surface area contributed by atoms with Crippen LogP contribution < -0.4 is 0 Å². The molecule has 0 aliphatic rings. The monoisotopic (exact) mass is 329 g/mol. The first-order valence-electron chi connectivity index (χ1n) is 7.89. The van der Waals surface area contributed by atoms with Crippen LogP contribution in [-0.2, 0) is 17.6 Å². The molecule has 0 amide bonds. The van der Waals surface area contributed by atoms with E-state index in [1.807, 2.05) is 20.0 Å². The molecule has 1 aromatic carbocycles. The summed E-state index contributed by atoms with van der Waals surface area (Å²) in [6, 6.07) is 4.63. The fraction of sp³-hybridized carbons (Fsp3) is 0.389. The molecule has 0 unspecified atom stereocenters. The van der Waals surface area contributed by atoms with Gasteiger partial charge in [0.2, 0.25) is 5.89 Å². The van der Waals surface area contributed by atoms with Crippen molar-refractivity contribution < 1.29 is 13.7 Å². The van der Waals surface area contributed by atoms with E-state index in [4.69, 9.17) is 4.52 Å². The topological polar surface area (TPSA) is 71.8 Å². The zero-order valence-corrected chi connectivity index (χ0v) is 14.0. The lowest BCUT2D eigenvalue weighted by atomic mass is 9.84. The molecule has 0 radical (unpaired) electrons. The third kappa shape index (κ3) is 3.69. The number of Topliss-reactive ketones (excluding diaryl/α,β-unsaturated/α-hetero) is 1. The van der Waals surface area contributed by atoms with Gasteiger partial charge in [-0.25, -0.2) is 4.39 Å². The quantitative estimate of drug-likeness (QED) is 0.746. The van der Waals surface area contributed by atoms with Gasteiger partial charge >= 0.3 is 0 Å². The number of hydrogen-bond donors (Lipinski definition) is 1. The number of fused-ring (bicyclic) bond motifs is 1. The van der Waals surface area contributed by atoms with Crippen molar-refractivity contribution in [3.8, 4) is 0 Å². The van der Waals surface area contributed by atoms with Crippen LogP contribution in [0.3, 0.4) is 0 Å². The summed E-state index contributed by atoms with van der Waals surface area (Å²) in [4.78, 5) is 18.8. The van der Waals surface area contributed by atoms with Crippen molar-refractivity contribution in [1.82, 2.24) is 15.1 Å². The summed E-state index contributed by atoms with van der Waals surface area (Å²) in [6.45, 7) is 5.58. The zero-order chi connectivity index (χ0) is 17.3. The highest BCUT2D eigenvalue weighted by Crippen LogP contribution is 2.26. The first-order chi connectivity index (χ1) is 11.3. The smallest absolute Gasteiger partial charge is 0.227 e. The summed E-state index contributed by atoms with van der Waals surface area (Å²) < 4.78 is 18.7. The molecule has 6 heteroatoms. The van der Waals surface area contributed by atoms with Gasteiger partial charge in [-0.05, 0) is 36.1 Å². The Morgan fingerprint density at radius 3 is 2.92 bits per heavy atom. The predicted octanol–water partition coefficient (Wildman–Crippen LogP) is 3.83. The van der Waals surface area contributed by atoms with Crippen LogP contribution in [0.2, 0.25) is 0 Å².